The third kappa shape index (κ3) is 8.73. The van der Waals surface area contributed by atoms with Gasteiger partial charge in [-0.2, -0.15) is 30.3 Å². The second-order valence-electron chi connectivity index (χ2n) is 9.12. The number of hydrogen-bond acceptors (Lipinski definition) is 3. The topological polar surface area (TPSA) is 9.72 Å². The van der Waals surface area contributed by atoms with Crippen LogP contribution in [-0.2, 0) is 52.7 Å². The zero-order valence-electron chi connectivity index (χ0n) is 23.1. The summed E-state index contributed by atoms with van der Waals surface area (Å²) in [7, 11) is 4.11. The summed E-state index contributed by atoms with van der Waals surface area (Å²) in [4.78, 5) is 6.72. The first-order valence-corrected chi connectivity index (χ1v) is 12.9. The standard InChI is InChI=1S/C23H29N2.C9H12N.ClH.Pd/c1-5-18-11-9-12-19(6-2)22(18)24-15-16-25(17-24)23-20(7-3)13-10-14-21(23)8-4;1-10(2)8-9-6-4-3-5-7-9;;/h9-17H,5-8H2,1-4H3;3-6H,8H2,1-2H3;1H;/q2*-1;;+2/p-1. The Bertz CT molecular complexity index is 990. The summed E-state index contributed by atoms with van der Waals surface area (Å²) < 4.78 is 0. The zero-order valence-corrected chi connectivity index (χ0v) is 25.4. The minimum Gasteiger partial charge on any atom is -1.00 e. The molecule has 0 bridgehead atoms. The van der Waals surface area contributed by atoms with Crippen molar-refractivity contribution in [3.8, 4) is 0 Å². The zero-order chi connectivity index (χ0) is 25.2. The van der Waals surface area contributed by atoms with Crippen LogP contribution in [0.2, 0.25) is 0 Å². The van der Waals surface area contributed by atoms with Crippen molar-refractivity contribution in [2.75, 3.05) is 23.9 Å². The van der Waals surface area contributed by atoms with Gasteiger partial charge in [0.1, 0.15) is 0 Å². The maximum Gasteiger partial charge on any atom is 2.00 e. The number of nitrogens with zero attached hydrogens (tertiary/aromatic N) is 3. The molecule has 0 saturated carbocycles. The van der Waals surface area contributed by atoms with Gasteiger partial charge in [-0.1, -0.05) is 64.1 Å². The van der Waals surface area contributed by atoms with Crippen LogP contribution in [0, 0.1) is 12.7 Å². The fourth-order valence-electron chi connectivity index (χ4n) is 4.58. The first-order valence-electron chi connectivity index (χ1n) is 12.9. The number of halogens is 1. The summed E-state index contributed by atoms with van der Waals surface area (Å²) >= 11 is 0. The molecule has 0 saturated heterocycles. The Labute approximate surface area is 245 Å². The average Bonchev–Trinajstić information content (AvgIpc) is 3.37. The van der Waals surface area contributed by atoms with Crippen molar-refractivity contribution in [1.82, 2.24) is 4.90 Å². The van der Waals surface area contributed by atoms with Crippen LogP contribution in [0.15, 0.2) is 73.1 Å². The van der Waals surface area contributed by atoms with Gasteiger partial charge < -0.3 is 27.1 Å². The quantitative estimate of drug-likeness (QED) is 0.277. The van der Waals surface area contributed by atoms with Crippen LogP contribution in [0.5, 0.6) is 0 Å². The predicted octanol–water partition coefficient (Wildman–Crippen LogP) is 4.40. The van der Waals surface area contributed by atoms with Crippen molar-refractivity contribution >= 4 is 11.4 Å². The van der Waals surface area contributed by atoms with Crippen molar-refractivity contribution in [2.45, 2.75) is 59.9 Å². The Morgan fingerprint density at radius 1 is 0.676 bits per heavy atom. The van der Waals surface area contributed by atoms with E-state index >= 15 is 0 Å². The normalized spacial score (nSPS) is 12.1. The van der Waals surface area contributed by atoms with E-state index in [1.165, 1.54) is 39.2 Å². The summed E-state index contributed by atoms with van der Waals surface area (Å²) in [5, 5.41) is 0. The molecule has 202 valence electrons. The van der Waals surface area contributed by atoms with Gasteiger partial charge in [-0.3, -0.25) is 0 Å². The molecule has 0 aliphatic carbocycles. The summed E-state index contributed by atoms with van der Waals surface area (Å²) in [6.45, 7) is 12.1. The van der Waals surface area contributed by atoms with Gasteiger partial charge in [0, 0.05) is 17.9 Å². The molecule has 3 aromatic carbocycles. The third-order valence-electron chi connectivity index (χ3n) is 6.34. The molecule has 0 N–H and O–H groups in total. The molecule has 4 rings (SSSR count). The Balaban J connectivity index is 0.000000485. The summed E-state index contributed by atoms with van der Waals surface area (Å²) in [6.07, 6.45) is 8.58. The largest absolute Gasteiger partial charge is 2.00 e. The Hall–Kier alpha value is -2.09. The second-order valence-corrected chi connectivity index (χ2v) is 9.12. The molecule has 1 aliphatic heterocycles. The van der Waals surface area contributed by atoms with Crippen LogP contribution in [0.1, 0.15) is 55.5 Å². The van der Waals surface area contributed by atoms with Gasteiger partial charge in [-0.15, -0.1) is 12.2 Å². The molecule has 0 atom stereocenters. The Morgan fingerprint density at radius 3 is 1.43 bits per heavy atom. The molecule has 37 heavy (non-hydrogen) atoms. The summed E-state index contributed by atoms with van der Waals surface area (Å²) in [5.74, 6) is 0. The number of aryl methyl sites for hydroxylation is 4. The first-order chi connectivity index (χ1) is 17.0. The molecule has 0 radical (unpaired) electrons. The molecule has 3 nitrogen and oxygen atoms in total. The molecule has 0 unspecified atom stereocenters. The summed E-state index contributed by atoms with van der Waals surface area (Å²) in [6, 6.07) is 24.6. The van der Waals surface area contributed by atoms with E-state index in [9.17, 15) is 0 Å². The van der Waals surface area contributed by atoms with E-state index in [-0.39, 0.29) is 32.8 Å². The molecule has 1 aliphatic rings. The molecule has 1 heterocycles. The van der Waals surface area contributed by atoms with Crippen LogP contribution in [-0.4, -0.2) is 19.0 Å². The molecule has 0 aromatic heterocycles. The number of rotatable bonds is 8. The monoisotopic (exact) mass is 608 g/mol. The van der Waals surface area contributed by atoms with E-state index < -0.39 is 0 Å². The predicted molar refractivity (Wildman–Crippen MR) is 151 cm³/mol. The van der Waals surface area contributed by atoms with Crippen molar-refractivity contribution in [3.63, 3.8) is 0 Å². The number of anilines is 2. The average molecular weight is 610 g/mol. The van der Waals surface area contributed by atoms with Crippen molar-refractivity contribution in [1.29, 1.82) is 0 Å². The number of hydrogen-bond donors (Lipinski definition) is 0. The maximum atomic E-state index is 3.16. The molecular formula is C32H41ClN3Pd-. The minimum absolute atomic E-state index is 0. The molecule has 0 fully saturated rings. The number of para-hydroxylation sites is 2. The van der Waals surface area contributed by atoms with E-state index in [0.29, 0.717) is 0 Å². The second kappa shape index (κ2) is 16.7. The van der Waals surface area contributed by atoms with E-state index in [0.717, 1.165) is 32.2 Å². The third-order valence-corrected chi connectivity index (χ3v) is 6.34. The van der Waals surface area contributed by atoms with E-state index in [4.69, 9.17) is 0 Å². The molecule has 5 heteroatoms. The molecule has 0 spiro atoms. The van der Waals surface area contributed by atoms with Crippen molar-refractivity contribution in [2.24, 2.45) is 0 Å². The summed E-state index contributed by atoms with van der Waals surface area (Å²) in [5.41, 5.74) is 9.55. The maximum absolute atomic E-state index is 3.16. The van der Waals surface area contributed by atoms with Gasteiger partial charge in [0.05, 0.1) is 0 Å². The van der Waals surface area contributed by atoms with Gasteiger partial charge in [-0.05, 0) is 74.4 Å². The van der Waals surface area contributed by atoms with E-state index in [1.54, 1.807) is 0 Å². The molecular weight excluding hydrogens is 568 g/mol. The van der Waals surface area contributed by atoms with Crippen LogP contribution < -0.4 is 22.2 Å². The van der Waals surface area contributed by atoms with Crippen molar-refractivity contribution < 1.29 is 32.8 Å². The van der Waals surface area contributed by atoms with Gasteiger partial charge in [0.2, 0.25) is 0 Å². The molecule has 0 amide bonds. The van der Waals surface area contributed by atoms with Gasteiger partial charge >= 0.3 is 20.4 Å². The van der Waals surface area contributed by atoms with Crippen LogP contribution in [0.3, 0.4) is 0 Å². The van der Waals surface area contributed by atoms with E-state index in [2.05, 4.69) is 124 Å². The minimum atomic E-state index is 0. The van der Waals surface area contributed by atoms with Crippen LogP contribution >= 0.6 is 0 Å². The van der Waals surface area contributed by atoms with Crippen LogP contribution in [0.4, 0.5) is 11.4 Å². The smallest absolute Gasteiger partial charge is 1.00 e. The van der Waals surface area contributed by atoms with Gasteiger partial charge in [-0.25, -0.2) is 0 Å². The molecule has 3 aromatic rings. The van der Waals surface area contributed by atoms with Gasteiger partial charge in [0.15, 0.2) is 0 Å². The van der Waals surface area contributed by atoms with Gasteiger partial charge in [0.25, 0.3) is 0 Å². The van der Waals surface area contributed by atoms with Crippen molar-refractivity contribution in [3.05, 3.63) is 114 Å². The van der Waals surface area contributed by atoms with E-state index in [1.807, 2.05) is 18.2 Å². The Morgan fingerprint density at radius 2 is 1.11 bits per heavy atom. The Kier molecular flexibility index (Phi) is 14.9. The fourth-order valence-corrected chi connectivity index (χ4v) is 4.58. The SMILES string of the molecule is CCc1cccc(CC)c1N1C=CN(c2c(CC)cccc2CC)[CH-]1.CN(C)Cc1[c-]cccc1.[Cl-].[Pd+2]. The first kappa shape index (κ1) is 32.9. The number of benzene rings is 3. The fraction of sp³-hybridized carbons (Fsp3) is 0.344. The van der Waals surface area contributed by atoms with Crippen LogP contribution in [0.25, 0.3) is 0 Å².